The number of carbonyl (C=O) groups is 5. The van der Waals surface area contributed by atoms with Gasteiger partial charge in [-0.15, -0.1) is 0 Å². The number of hydrogen-bond acceptors (Lipinski definition) is 10. The van der Waals surface area contributed by atoms with Crippen molar-refractivity contribution in [1.29, 1.82) is 0 Å². The molecule has 2 aromatic carbocycles. The maximum atomic E-state index is 14.7. The molecule has 0 saturated carbocycles. The van der Waals surface area contributed by atoms with E-state index in [0.717, 1.165) is 54.9 Å². The fraction of sp³-hybridized carbons (Fsp3) is 0.333. The molecule has 1 atom stereocenters. The first-order chi connectivity index (χ1) is 29.0. The van der Waals surface area contributed by atoms with Crippen molar-refractivity contribution in [2.45, 2.75) is 71.6 Å². The number of imide groups is 1. The third-order valence-electron chi connectivity index (χ3n) is 10.5. The molecule has 2 N–H and O–H groups in total. The van der Waals surface area contributed by atoms with Gasteiger partial charge in [0.25, 0.3) is 12.3 Å². The standard InChI is InChI=1S/C43H42F2N8O4.C2H4O/c1-4-37-49-40(36-24-51(2)19-20-53(36)37)29-12-8-13-33-30(29)21-31(41(44)45)39(48-33)27-14-15-34(47-22-27)42(56)46-18-6-5-9-26-10-7-11-28(25-54)32(26)23-52(3)35-16-17-38(55)50-43(35)57;1-2-3/h7-8,10-15,21-22,25,35,41H,4,6,16-20,23-24H2,1-3H3,(H,46,56)(H,50,55,57);2H,1H3. The van der Waals surface area contributed by atoms with Gasteiger partial charge in [0.05, 0.1) is 28.6 Å². The quantitative estimate of drug-likeness (QED) is 0.0752. The van der Waals surface area contributed by atoms with Gasteiger partial charge in [-0.1, -0.05) is 43.0 Å². The van der Waals surface area contributed by atoms with Gasteiger partial charge < -0.3 is 14.7 Å². The maximum Gasteiger partial charge on any atom is 0.269 e. The Kier molecular flexibility index (Phi) is 14.0. The molecule has 2 aliphatic heterocycles. The summed E-state index contributed by atoms with van der Waals surface area (Å²) in [6, 6.07) is 14.8. The minimum Gasteiger partial charge on any atom is -0.350 e. The first kappa shape index (κ1) is 43.1. The lowest BCUT2D eigenvalue weighted by molar-refractivity contribution is -0.137. The molecule has 0 bridgehead atoms. The number of piperidine rings is 1. The SMILES string of the molecule is CC=O.CCc1nc(-c2cccc3nc(-c4ccc(C(=O)NCCC#Cc5cccc(C=O)c5CN(C)C5CCC(=O)NC5=O)nc4)c(C(F)F)cc23)c2n1CCN(C)C2. The van der Waals surface area contributed by atoms with Gasteiger partial charge in [-0.3, -0.25) is 39.3 Å². The summed E-state index contributed by atoms with van der Waals surface area (Å²) in [5.41, 5.74) is 5.18. The van der Waals surface area contributed by atoms with Crippen LogP contribution in [0.1, 0.15) is 88.6 Å². The van der Waals surface area contributed by atoms with Crippen LogP contribution in [0, 0.1) is 11.8 Å². The molecule has 1 saturated heterocycles. The van der Waals surface area contributed by atoms with Crippen LogP contribution < -0.4 is 10.6 Å². The van der Waals surface area contributed by atoms with Crippen LogP contribution in [0.5, 0.6) is 0 Å². The Morgan fingerprint density at radius 3 is 2.57 bits per heavy atom. The van der Waals surface area contributed by atoms with Crippen LogP contribution >= 0.6 is 0 Å². The lowest BCUT2D eigenvalue weighted by Gasteiger charge is -2.30. The smallest absolute Gasteiger partial charge is 0.269 e. The highest BCUT2D eigenvalue weighted by atomic mass is 19.3. The van der Waals surface area contributed by atoms with Gasteiger partial charge >= 0.3 is 0 Å². The number of fused-ring (bicyclic) bond motifs is 2. The monoisotopic (exact) mass is 816 g/mol. The van der Waals surface area contributed by atoms with Crippen molar-refractivity contribution in [2.75, 3.05) is 27.2 Å². The van der Waals surface area contributed by atoms with E-state index in [1.807, 2.05) is 12.1 Å². The molecule has 0 radical (unpaired) electrons. The van der Waals surface area contributed by atoms with Gasteiger partial charge in [-0.2, -0.15) is 0 Å². The molecule has 60 heavy (non-hydrogen) atoms. The molecule has 1 fully saturated rings. The fourth-order valence-electron chi connectivity index (χ4n) is 7.49. The minimum atomic E-state index is -2.81. The zero-order valence-corrected chi connectivity index (χ0v) is 33.9. The van der Waals surface area contributed by atoms with Crippen LogP contribution in [0.3, 0.4) is 0 Å². The number of imidazole rings is 1. The van der Waals surface area contributed by atoms with E-state index in [0.29, 0.717) is 46.1 Å². The van der Waals surface area contributed by atoms with E-state index in [9.17, 15) is 28.0 Å². The Morgan fingerprint density at radius 1 is 1.08 bits per heavy atom. The van der Waals surface area contributed by atoms with E-state index in [1.165, 1.54) is 25.3 Å². The lowest BCUT2D eigenvalue weighted by Crippen LogP contribution is -2.51. The third kappa shape index (κ3) is 9.51. The Hall–Kier alpha value is -6.50. The van der Waals surface area contributed by atoms with Gasteiger partial charge in [0, 0.05) is 91.4 Å². The molecule has 1 unspecified atom stereocenters. The Morgan fingerprint density at radius 2 is 1.87 bits per heavy atom. The number of halogens is 2. The second kappa shape index (κ2) is 19.5. The summed E-state index contributed by atoms with van der Waals surface area (Å²) in [7, 11) is 3.82. The van der Waals surface area contributed by atoms with Crippen LogP contribution in [0.15, 0.2) is 60.8 Å². The largest absolute Gasteiger partial charge is 0.350 e. The summed E-state index contributed by atoms with van der Waals surface area (Å²) in [5, 5.41) is 5.73. The molecule has 0 aliphatic carbocycles. The summed E-state index contributed by atoms with van der Waals surface area (Å²) < 4.78 is 31.6. The first-order valence-corrected chi connectivity index (χ1v) is 19.7. The van der Waals surface area contributed by atoms with Crippen LogP contribution in [-0.4, -0.2) is 92.8 Å². The fourth-order valence-corrected chi connectivity index (χ4v) is 7.49. The average Bonchev–Trinajstić information content (AvgIpc) is 3.60. The highest BCUT2D eigenvalue weighted by Gasteiger charge is 2.30. The topological polar surface area (TPSA) is 159 Å². The van der Waals surface area contributed by atoms with E-state index >= 15 is 0 Å². The summed E-state index contributed by atoms with van der Waals surface area (Å²) in [5.74, 6) is 5.96. The molecular weight excluding hydrogens is 771 g/mol. The number of hydrogen-bond donors (Lipinski definition) is 2. The van der Waals surface area contributed by atoms with Crippen molar-refractivity contribution in [2.24, 2.45) is 0 Å². The van der Waals surface area contributed by atoms with E-state index < -0.39 is 18.4 Å². The Labute approximate surface area is 346 Å². The van der Waals surface area contributed by atoms with Crippen LogP contribution in [0.4, 0.5) is 8.78 Å². The van der Waals surface area contributed by atoms with Gasteiger partial charge in [-0.05, 0) is 63.3 Å². The Balaban J connectivity index is 0.00000195. The molecule has 5 aromatic rings. The number of rotatable bonds is 11. The van der Waals surface area contributed by atoms with Crippen molar-refractivity contribution in [3.63, 3.8) is 0 Å². The number of aryl methyl sites for hydroxylation is 1. The van der Waals surface area contributed by atoms with Crippen LogP contribution in [0.2, 0.25) is 0 Å². The van der Waals surface area contributed by atoms with E-state index in [2.05, 4.69) is 50.9 Å². The van der Waals surface area contributed by atoms with Crippen molar-refractivity contribution >= 4 is 41.2 Å². The number of aldehydes is 2. The molecule has 5 heterocycles. The zero-order chi connectivity index (χ0) is 42.9. The molecule has 15 heteroatoms. The molecule has 13 nitrogen and oxygen atoms in total. The molecule has 0 spiro atoms. The highest BCUT2D eigenvalue weighted by Crippen LogP contribution is 2.38. The second-order valence-corrected chi connectivity index (χ2v) is 14.5. The molecule has 3 aromatic heterocycles. The molecule has 7 rings (SSSR count). The van der Waals surface area contributed by atoms with E-state index in [4.69, 9.17) is 14.8 Å². The summed E-state index contributed by atoms with van der Waals surface area (Å²) >= 11 is 0. The van der Waals surface area contributed by atoms with Gasteiger partial charge in [0.1, 0.15) is 24.1 Å². The van der Waals surface area contributed by atoms with Crippen molar-refractivity contribution in [3.8, 4) is 34.4 Å². The molecule has 3 amide bonds. The average molecular weight is 817 g/mol. The van der Waals surface area contributed by atoms with Crippen LogP contribution in [-0.2, 0) is 40.4 Å². The summed E-state index contributed by atoms with van der Waals surface area (Å²) in [6.07, 6.45) is 1.72. The lowest BCUT2D eigenvalue weighted by atomic mass is 9.99. The number of nitrogens with zero attached hydrogens (tertiary/aromatic N) is 6. The third-order valence-corrected chi connectivity index (χ3v) is 10.5. The van der Waals surface area contributed by atoms with Crippen molar-refractivity contribution < 1.29 is 32.8 Å². The van der Waals surface area contributed by atoms with Crippen molar-refractivity contribution in [3.05, 3.63) is 100 Å². The summed E-state index contributed by atoms with van der Waals surface area (Å²) in [4.78, 5) is 75.6. The van der Waals surface area contributed by atoms with Crippen LogP contribution in [0.25, 0.3) is 33.4 Å². The van der Waals surface area contributed by atoms with Crippen molar-refractivity contribution in [1.82, 2.24) is 40.0 Å². The Bertz CT molecular complexity index is 2490. The number of likely N-dealkylation sites (N-methyl/N-ethyl adjacent to an activating group) is 2. The number of pyridine rings is 2. The summed E-state index contributed by atoms with van der Waals surface area (Å²) in [6.45, 7) is 6.41. The predicted molar refractivity (Wildman–Crippen MR) is 222 cm³/mol. The van der Waals surface area contributed by atoms with Gasteiger partial charge in [-0.25, -0.2) is 18.7 Å². The maximum absolute atomic E-state index is 14.7. The number of nitrogens with one attached hydrogen (secondary N) is 2. The van der Waals surface area contributed by atoms with Gasteiger partial charge in [0.15, 0.2) is 0 Å². The normalized spacial score (nSPS) is 15.1. The van der Waals surface area contributed by atoms with E-state index in [-0.39, 0.29) is 54.7 Å². The minimum absolute atomic E-state index is 0.0894. The number of aromatic nitrogens is 4. The molecule has 2 aliphatic rings. The first-order valence-electron chi connectivity index (χ1n) is 19.7. The number of carbonyl (C=O) groups excluding carboxylic acids is 5. The highest BCUT2D eigenvalue weighted by molar-refractivity contribution is 6.00. The number of benzene rings is 2. The number of amides is 3. The number of alkyl halides is 2. The zero-order valence-electron chi connectivity index (χ0n) is 33.9. The molecule has 310 valence electrons. The second-order valence-electron chi connectivity index (χ2n) is 14.5. The van der Waals surface area contributed by atoms with Gasteiger partial charge in [0.2, 0.25) is 11.8 Å². The molecular formula is C45H46F2N8O5. The van der Waals surface area contributed by atoms with E-state index in [1.54, 1.807) is 42.3 Å². The predicted octanol–water partition coefficient (Wildman–Crippen LogP) is 5.53.